The first-order valence-corrected chi connectivity index (χ1v) is 5.03. The molecule has 0 aromatic carbocycles. The zero-order chi connectivity index (χ0) is 11.4. The summed E-state index contributed by atoms with van der Waals surface area (Å²) in [6.45, 7) is 5.95. The highest BCUT2D eigenvalue weighted by Gasteiger charge is 2.16. The maximum absolute atomic E-state index is 11.7. The second-order valence-corrected chi connectivity index (χ2v) is 3.99. The molecule has 1 rings (SSSR count). The van der Waals surface area contributed by atoms with E-state index in [9.17, 15) is 4.79 Å². The molecule has 1 aromatic heterocycles. The molecule has 1 aromatic rings. The SMILES string of the molecule is CC(C)C(C)C(=O)Nc1ccc(N)nc1. The lowest BCUT2D eigenvalue weighted by molar-refractivity contribution is -0.120. The molecule has 1 heterocycles. The van der Waals surface area contributed by atoms with Crippen LogP contribution in [-0.2, 0) is 4.79 Å². The fourth-order valence-electron chi connectivity index (χ4n) is 1.04. The summed E-state index contributed by atoms with van der Waals surface area (Å²) >= 11 is 0. The van der Waals surface area contributed by atoms with E-state index in [1.54, 1.807) is 18.3 Å². The Bertz CT molecular complexity index is 332. The monoisotopic (exact) mass is 207 g/mol. The highest BCUT2D eigenvalue weighted by molar-refractivity contribution is 5.92. The van der Waals surface area contributed by atoms with E-state index in [1.807, 2.05) is 20.8 Å². The van der Waals surface area contributed by atoms with Gasteiger partial charge < -0.3 is 11.1 Å². The van der Waals surface area contributed by atoms with Crippen molar-refractivity contribution in [3.63, 3.8) is 0 Å². The van der Waals surface area contributed by atoms with Crippen LogP contribution in [0.25, 0.3) is 0 Å². The van der Waals surface area contributed by atoms with Crippen LogP contribution in [0.1, 0.15) is 20.8 Å². The lowest BCUT2D eigenvalue weighted by Crippen LogP contribution is -2.24. The van der Waals surface area contributed by atoms with Gasteiger partial charge in [0, 0.05) is 5.92 Å². The van der Waals surface area contributed by atoms with E-state index in [0.717, 1.165) is 0 Å². The van der Waals surface area contributed by atoms with Crippen LogP contribution >= 0.6 is 0 Å². The highest BCUT2D eigenvalue weighted by Crippen LogP contribution is 2.13. The molecule has 0 radical (unpaired) electrons. The number of nitrogens with zero attached hydrogens (tertiary/aromatic N) is 1. The number of nitrogen functional groups attached to an aromatic ring is 1. The van der Waals surface area contributed by atoms with Crippen molar-refractivity contribution in [3.05, 3.63) is 18.3 Å². The van der Waals surface area contributed by atoms with Crippen LogP contribution < -0.4 is 11.1 Å². The van der Waals surface area contributed by atoms with Gasteiger partial charge in [0.1, 0.15) is 5.82 Å². The maximum Gasteiger partial charge on any atom is 0.227 e. The normalized spacial score (nSPS) is 12.5. The highest BCUT2D eigenvalue weighted by atomic mass is 16.1. The second kappa shape index (κ2) is 4.77. The summed E-state index contributed by atoms with van der Waals surface area (Å²) in [5.74, 6) is 0.774. The summed E-state index contributed by atoms with van der Waals surface area (Å²) in [7, 11) is 0. The van der Waals surface area contributed by atoms with Crippen molar-refractivity contribution in [3.8, 4) is 0 Å². The van der Waals surface area contributed by atoms with Gasteiger partial charge in [-0.05, 0) is 18.1 Å². The Morgan fingerprint density at radius 3 is 2.53 bits per heavy atom. The largest absolute Gasteiger partial charge is 0.384 e. The fourth-order valence-corrected chi connectivity index (χ4v) is 1.04. The van der Waals surface area contributed by atoms with Crippen LogP contribution in [0, 0.1) is 11.8 Å². The van der Waals surface area contributed by atoms with E-state index in [1.165, 1.54) is 0 Å². The van der Waals surface area contributed by atoms with Crippen LogP contribution in [-0.4, -0.2) is 10.9 Å². The van der Waals surface area contributed by atoms with Gasteiger partial charge in [-0.2, -0.15) is 0 Å². The minimum atomic E-state index is -0.0115. The van der Waals surface area contributed by atoms with Gasteiger partial charge in [-0.3, -0.25) is 4.79 Å². The molecule has 0 saturated carbocycles. The Kier molecular flexibility index (Phi) is 3.66. The average molecular weight is 207 g/mol. The summed E-state index contributed by atoms with van der Waals surface area (Å²) in [5, 5.41) is 2.79. The number of hydrogen-bond acceptors (Lipinski definition) is 3. The van der Waals surface area contributed by atoms with Crippen molar-refractivity contribution in [2.75, 3.05) is 11.1 Å². The number of hydrogen-bond donors (Lipinski definition) is 2. The van der Waals surface area contributed by atoms with Crippen molar-refractivity contribution in [2.24, 2.45) is 11.8 Å². The lowest BCUT2D eigenvalue weighted by atomic mass is 9.97. The topological polar surface area (TPSA) is 68.0 Å². The molecule has 3 N–H and O–H groups in total. The van der Waals surface area contributed by atoms with E-state index < -0.39 is 0 Å². The van der Waals surface area contributed by atoms with Gasteiger partial charge >= 0.3 is 0 Å². The Morgan fingerprint density at radius 1 is 1.40 bits per heavy atom. The predicted octanol–water partition coefficient (Wildman–Crippen LogP) is 1.89. The van der Waals surface area contributed by atoms with Crippen molar-refractivity contribution in [1.29, 1.82) is 0 Å². The van der Waals surface area contributed by atoms with Gasteiger partial charge in [0.2, 0.25) is 5.91 Å². The van der Waals surface area contributed by atoms with Crippen molar-refractivity contribution in [2.45, 2.75) is 20.8 Å². The Hall–Kier alpha value is -1.58. The summed E-state index contributed by atoms with van der Waals surface area (Å²) in [5.41, 5.74) is 6.12. The Labute approximate surface area is 89.9 Å². The quantitative estimate of drug-likeness (QED) is 0.795. The molecule has 0 fully saturated rings. The van der Waals surface area contributed by atoms with Crippen molar-refractivity contribution >= 4 is 17.4 Å². The van der Waals surface area contributed by atoms with Gasteiger partial charge in [0.15, 0.2) is 0 Å². The van der Waals surface area contributed by atoms with Crippen LogP contribution in [0.15, 0.2) is 18.3 Å². The molecule has 0 saturated heterocycles. The third kappa shape index (κ3) is 3.23. The number of pyridine rings is 1. The molecule has 0 aliphatic carbocycles. The van der Waals surface area contributed by atoms with Crippen molar-refractivity contribution < 1.29 is 4.79 Å². The molecule has 4 nitrogen and oxygen atoms in total. The van der Waals surface area contributed by atoms with Gasteiger partial charge in [-0.1, -0.05) is 20.8 Å². The molecule has 82 valence electrons. The number of amides is 1. The summed E-state index contributed by atoms with van der Waals surface area (Å²) in [6, 6.07) is 3.41. The molecule has 0 aliphatic rings. The number of carbonyl (C=O) groups excluding carboxylic acids is 1. The van der Waals surface area contributed by atoms with E-state index in [2.05, 4.69) is 10.3 Å². The van der Waals surface area contributed by atoms with Crippen molar-refractivity contribution in [1.82, 2.24) is 4.98 Å². The van der Waals surface area contributed by atoms with E-state index in [4.69, 9.17) is 5.73 Å². The molecule has 1 amide bonds. The van der Waals surface area contributed by atoms with Gasteiger partial charge in [0.25, 0.3) is 0 Å². The summed E-state index contributed by atoms with van der Waals surface area (Å²) < 4.78 is 0. The number of anilines is 2. The van der Waals surface area contributed by atoms with Crippen LogP contribution in [0.2, 0.25) is 0 Å². The number of rotatable bonds is 3. The molecular formula is C11H17N3O. The smallest absolute Gasteiger partial charge is 0.227 e. The van der Waals surface area contributed by atoms with Gasteiger partial charge in [-0.15, -0.1) is 0 Å². The number of aromatic nitrogens is 1. The van der Waals surface area contributed by atoms with Gasteiger partial charge in [0.05, 0.1) is 11.9 Å². The summed E-state index contributed by atoms with van der Waals surface area (Å²) in [6.07, 6.45) is 1.56. The third-order valence-electron chi connectivity index (χ3n) is 2.47. The third-order valence-corrected chi connectivity index (χ3v) is 2.47. The molecule has 4 heteroatoms. The zero-order valence-electron chi connectivity index (χ0n) is 9.32. The molecule has 1 unspecified atom stereocenters. The molecule has 1 atom stereocenters. The molecular weight excluding hydrogens is 190 g/mol. The average Bonchev–Trinajstić information content (AvgIpc) is 2.20. The van der Waals surface area contributed by atoms with Crippen LogP contribution in [0.5, 0.6) is 0 Å². The number of nitrogens with one attached hydrogen (secondary N) is 1. The first-order valence-electron chi connectivity index (χ1n) is 5.03. The minimum Gasteiger partial charge on any atom is -0.384 e. The summed E-state index contributed by atoms with van der Waals surface area (Å²) in [4.78, 5) is 15.6. The predicted molar refractivity (Wildman–Crippen MR) is 61.3 cm³/mol. The fraction of sp³-hybridized carbons (Fsp3) is 0.455. The van der Waals surface area contributed by atoms with E-state index >= 15 is 0 Å². The van der Waals surface area contributed by atoms with Crippen LogP contribution in [0.4, 0.5) is 11.5 Å². The first kappa shape index (κ1) is 11.5. The minimum absolute atomic E-state index is 0.0107. The standard InChI is InChI=1S/C11H17N3O/c1-7(2)8(3)11(15)14-9-4-5-10(12)13-6-9/h4-8H,1-3H3,(H2,12,13)(H,14,15). The van der Waals surface area contributed by atoms with E-state index in [0.29, 0.717) is 17.4 Å². The molecule has 15 heavy (non-hydrogen) atoms. The first-order chi connectivity index (χ1) is 7.00. The number of carbonyl (C=O) groups is 1. The Balaban J connectivity index is 2.62. The zero-order valence-corrected chi connectivity index (χ0v) is 9.32. The van der Waals surface area contributed by atoms with E-state index in [-0.39, 0.29) is 11.8 Å². The van der Waals surface area contributed by atoms with Crippen LogP contribution in [0.3, 0.4) is 0 Å². The second-order valence-electron chi connectivity index (χ2n) is 3.99. The maximum atomic E-state index is 11.7. The number of nitrogens with two attached hydrogens (primary N) is 1. The molecule has 0 bridgehead atoms. The molecule has 0 spiro atoms. The lowest BCUT2D eigenvalue weighted by Gasteiger charge is -2.14. The molecule has 0 aliphatic heterocycles. The van der Waals surface area contributed by atoms with Gasteiger partial charge in [-0.25, -0.2) is 4.98 Å². The Morgan fingerprint density at radius 2 is 2.07 bits per heavy atom.